The lowest BCUT2D eigenvalue weighted by atomic mass is 10.0. The monoisotopic (exact) mass is 682 g/mol. The van der Waals surface area contributed by atoms with Gasteiger partial charge in [0.1, 0.15) is 29.1 Å². The molecule has 0 saturated carbocycles. The van der Waals surface area contributed by atoms with Gasteiger partial charge in [-0.1, -0.05) is 79.7 Å². The minimum absolute atomic E-state index is 0.0190. The third-order valence-electron chi connectivity index (χ3n) is 6.67. The highest BCUT2D eigenvalue weighted by molar-refractivity contribution is 5.99. The molecule has 0 unspecified atom stereocenters. The van der Waals surface area contributed by atoms with Crippen LogP contribution in [-0.2, 0) is 0 Å². The zero-order valence-electron chi connectivity index (χ0n) is 29.0. The maximum atomic E-state index is 13.0. The average Bonchev–Trinajstić information content (AvgIpc) is 3.04. The number of ketones is 4. The highest BCUT2D eigenvalue weighted by atomic mass is 19.1. The first-order chi connectivity index (χ1) is 22.9. The molecule has 0 saturated heterocycles. The van der Waals surface area contributed by atoms with Crippen LogP contribution in [0.2, 0.25) is 0 Å². The van der Waals surface area contributed by atoms with Gasteiger partial charge in [-0.15, -0.1) is 0 Å². The van der Waals surface area contributed by atoms with E-state index in [0.717, 1.165) is 12.1 Å². The summed E-state index contributed by atoms with van der Waals surface area (Å²) < 4.78 is 63.5. The van der Waals surface area contributed by atoms with Crippen molar-refractivity contribution >= 4 is 23.1 Å². The standard InChI is InChI=1S/C10H10F2O.3C10H11FO/c1-6(2)10(13)8-4-3-7(11)5-9(8)12;1-7(2)10(12)8-3-5-9(11)6-4-8;1-7(2)10(12)8-4-3-5-9(11)6-8;1-7(2)10(12)8-5-3-4-6-9(8)11/h3-6H,1-2H3;3*3-7H,1-2H3. The van der Waals surface area contributed by atoms with Gasteiger partial charge in [0, 0.05) is 40.9 Å². The highest BCUT2D eigenvalue weighted by Gasteiger charge is 2.16. The summed E-state index contributed by atoms with van der Waals surface area (Å²) in [6.45, 7) is 14.1. The van der Waals surface area contributed by atoms with Gasteiger partial charge < -0.3 is 0 Å². The van der Waals surface area contributed by atoms with E-state index < -0.39 is 17.5 Å². The molecule has 0 spiro atoms. The molecule has 0 amide bonds. The van der Waals surface area contributed by atoms with Gasteiger partial charge in [0.15, 0.2) is 23.1 Å². The number of Topliss-reactive ketones (excluding diaryl/α,β-unsaturated/α-hetero) is 4. The molecule has 0 heterocycles. The summed E-state index contributed by atoms with van der Waals surface area (Å²) in [4.78, 5) is 45.3. The van der Waals surface area contributed by atoms with E-state index in [1.54, 1.807) is 65.8 Å². The van der Waals surface area contributed by atoms with Gasteiger partial charge in [-0.2, -0.15) is 0 Å². The zero-order chi connectivity index (χ0) is 37.4. The maximum absolute atomic E-state index is 13.0. The Hall–Kier alpha value is -4.79. The number of halogens is 5. The summed E-state index contributed by atoms with van der Waals surface area (Å²) in [5.74, 6) is -3.52. The van der Waals surface area contributed by atoms with Crippen LogP contribution < -0.4 is 0 Å². The summed E-state index contributed by atoms with van der Waals surface area (Å²) >= 11 is 0. The van der Waals surface area contributed by atoms with E-state index >= 15 is 0 Å². The molecule has 4 aromatic carbocycles. The Morgan fingerprint density at radius 3 is 1.27 bits per heavy atom. The second-order valence-electron chi connectivity index (χ2n) is 12.2. The minimum atomic E-state index is -0.793. The lowest BCUT2D eigenvalue weighted by Crippen LogP contribution is -2.09. The van der Waals surface area contributed by atoms with Gasteiger partial charge in [-0.3, -0.25) is 19.2 Å². The highest BCUT2D eigenvalue weighted by Crippen LogP contribution is 2.15. The normalized spacial score (nSPS) is 10.4. The quantitative estimate of drug-likeness (QED) is 0.137. The van der Waals surface area contributed by atoms with Crippen molar-refractivity contribution in [2.45, 2.75) is 55.4 Å². The number of hydrogen-bond acceptors (Lipinski definition) is 4. The first-order valence-corrected chi connectivity index (χ1v) is 15.7. The van der Waals surface area contributed by atoms with Crippen LogP contribution in [0.5, 0.6) is 0 Å². The minimum Gasteiger partial charge on any atom is -0.294 e. The van der Waals surface area contributed by atoms with Gasteiger partial charge >= 0.3 is 0 Å². The third-order valence-corrected chi connectivity index (χ3v) is 6.67. The van der Waals surface area contributed by atoms with Crippen molar-refractivity contribution in [2.24, 2.45) is 23.7 Å². The third kappa shape index (κ3) is 14.5. The van der Waals surface area contributed by atoms with Crippen LogP contribution in [0.3, 0.4) is 0 Å². The molecule has 4 aromatic rings. The molecule has 0 radical (unpaired) electrons. The van der Waals surface area contributed by atoms with E-state index in [0.29, 0.717) is 11.1 Å². The number of carbonyl (C=O) groups is 4. The smallest absolute Gasteiger partial charge is 0.168 e. The van der Waals surface area contributed by atoms with Crippen LogP contribution in [0, 0.1) is 52.8 Å². The molecule has 4 rings (SSSR count). The largest absolute Gasteiger partial charge is 0.294 e. The van der Waals surface area contributed by atoms with E-state index in [9.17, 15) is 41.1 Å². The van der Waals surface area contributed by atoms with E-state index in [-0.39, 0.29) is 69.6 Å². The molecule has 0 bridgehead atoms. The van der Waals surface area contributed by atoms with Crippen LogP contribution >= 0.6 is 0 Å². The molecule has 49 heavy (non-hydrogen) atoms. The van der Waals surface area contributed by atoms with Crippen molar-refractivity contribution in [3.05, 3.63) is 142 Å². The van der Waals surface area contributed by atoms with E-state index in [4.69, 9.17) is 0 Å². The van der Waals surface area contributed by atoms with Crippen molar-refractivity contribution in [1.29, 1.82) is 0 Å². The van der Waals surface area contributed by atoms with Crippen LogP contribution in [0.15, 0.2) is 91.0 Å². The predicted octanol–water partition coefficient (Wildman–Crippen LogP) is 10.8. The Bertz CT molecular complexity index is 1690. The lowest BCUT2D eigenvalue weighted by Gasteiger charge is -2.04. The van der Waals surface area contributed by atoms with Crippen molar-refractivity contribution < 1.29 is 41.1 Å². The van der Waals surface area contributed by atoms with Crippen molar-refractivity contribution in [3.8, 4) is 0 Å². The Kier molecular flexibility index (Phi) is 17.7. The second kappa shape index (κ2) is 20.5. The fourth-order valence-electron chi connectivity index (χ4n) is 3.89. The number of hydrogen-bond donors (Lipinski definition) is 0. The molecule has 0 atom stereocenters. The zero-order valence-corrected chi connectivity index (χ0v) is 29.0. The summed E-state index contributed by atoms with van der Waals surface area (Å²) in [7, 11) is 0. The van der Waals surface area contributed by atoms with Crippen molar-refractivity contribution in [1.82, 2.24) is 0 Å². The molecule has 262 valence electrons. The molecule has 0 aromatic heterocycles. The van der Waals surface area contributed by atoms with E-state index in [1.165, 1.54) is 54.6 Å². The molecule has 4 nitrogen and oxygen atoms in total. The summed E-state index contributed by atoms with van der Waals surface area (Å²) in [5, 5.41) is 0. The first kappa shape index (κ1) is 42.2. The van der Waals surface area contributed by atoms with Crippen LogP contribution in [-0.4, -0.2) is 23.1 Å². The Labute approximate surface area is 285 Å². The first-order valence-electron chi connectivity index (χ1n) is 15.7. The second-order valence-corrected chi connectivity index (χ2v) is 12.2. The lowest BCUT2D eigenvalue weighted by molar-refractivity contribution is 0.0927. The van der Waals surface area contributed by atoms with Crippen LogP contribution in [0.25, 0.3) is 0 Å². The Balaban J connectivity index is 0.000000327. The number of rotatable bonds is 8. The fraction of sp³-hybridized carbons (Fsp3) is 0.300. The molecule has 0 aliphatic heterocycles. The molecule has 0 aliphatic carbocycles. The maximum Gasteiger partial charge on any atom is 0.168 e. The fourth-order valence-corrected chi connectivity index (χ4v) is 3.89. The SMILES string of the molecule is CC(C)C(=O)c1ccc(F)cc1.CC(C)C(=O)c1ccc(F)cc1F.CC(C)C(=O)c1cccc(F)c1.CC(C)C(=O)c1ccccc1F. The van der Waals surface area contributed by atoms with Crippen LogP contribution in [0.1, 0.15) is 96.8 Å². The topological polar surface area (TPSA) is 68.3 Å². The number of carbonyl (C=O) groups excluding carboxylic acids is 4. The molecular weight excluding hydrogens is 639 g/mol. The molecule has 9 heteroatoms. The summed E-state index contributed by atoms with van der Waals surface area (Å²) in [6, 6.07) is 20.4. The number of benzene rings is 4. The molecule has 0 fully saturated rings. The molecular formula is C40H43F5O4. The average molecular weight is 683 g/mol. The van der Waals surface area contributed by atoms with E-state index in [2.05, 4.69) is 0 Å². The molecule has 0 N–H and O–H groups in total. The van der Waals surface area contributed by atoms with Gasteiger partial charge in [-0.05, 0) is 60.7 Å². The van der Waals surface area contributed by atoms with E-state index in [1.807, 2.05) is 13.8 Å². The Morgan fingerprint density at radius 2 is 0.816 bits per heavy atom. The van der Waals surface area contributed by atoms with Gasteiger partial charge in [0.25, 0.3) is 0 Å². The van der Waals surface area contributed by atoms with Gasteiger partial charge in [0.05, 0.1) is 11.1 Å². The van der Waals surface area contributed by atoms with Gasteiger partial charge in [-0.25, -0.2) is 22.0 Å². The molecule has 0 aliphatic rings. The summed E-state index contributed by atoms with van der Waals surface area (Å²) in [5.41, 5.74) is 1.17. The van der Waals surface area contributed by atoms with Crippen molar-refractivity contribution in [2.75, 3.05) is 0 Å². The predicted molar refractivity (Wildman–Crippen MR) is 182 cm³/mol. The Morgan fingerprint density at radius 1 is 0.388 bits per heavy atom. The summed E-state index contributed by atoms with van der Waals surface area (Å²) in [6.07, 6.45) is 0. The van der Waals surface area contributed by atoms with Gasteiger partial charge in [0.2, 0.25) is 0 Å². The van der Waals surface area contributed by atoms with Crippen LogP contribution in [0.4, 0.5) is 22.0 Å². The van der Waals surface area contributed by atoms with Crippen molar-refractivity contribution in [3.63, 3.8) is 0 Å².